The smallest absolute Gasteiger partial charge is 0.269 e. The molecule has 0 spiro atoms. The van der Waals surface area contributed by atoms with Gasteiger partial charge >= 0.3 is 0 Å². The number of aromatic nitrogens is 1. The van der Waals surface area contributed by atoms with Crippen molar-refractivity contribution >= 4 is 17.1 Å². The minimum atomic E-state index is -0.474. The fraction of sp³-hybridized carbons (Fsp3) is 0. The van der Waals surface area contributed by atoms with Gasteiger partial charge in [0.25, 0.3) is 5.69 Å². The van der Waals surface area contributed by atoms with Gasteiger partial charge in [0.1, 0.15) is 0 Å². The summed E-state index contributed by atoms with van der Waals surface area (Å²) in [5, 5.41) is 27.3. The van der Waals surface area contributed by atoms with Crippen molar-refractivity contribution in [2.24, 2.45) is 10.2 Å². The lowest BCUT2D eigenvalue weighted by atomic mass is 10.3. The van der Waals surface area contributed by atoms with Crippen LogP contribution in [0.15, 0.2) is 59.0 Å². The molecular weight excluding hydrogens is 236 g/mol. The van der Waals surface area contributed by atoms with Crippen LogP contribution in [0.1, 0.15) is 0 Å². The Morgan fingerprint density at radius 3 is 2.00 bits per heavy atom. The van der Waals surface area contributed by atoms with E-state index < -0.39 is 4.92 Å². The molecule has 0 atom stereocenters. The Labute approximate surface area is 102 Å². The van der Waals surface area contributed by atoms with E-state index in [1.165, 1.54) is 36.7 Å². The third kappa shape index (κ3) is 2.85. The van der Waals surface area contributed by atoms with Crippen LogP contribution >= 0.6 is 0 Å². The van der Waals surface area contributed by atoms with E-state index in [4.69, 9.17) is 5.21 Å². The topological polar surface area (TPSA) is 92.0 Å². The predicted molar refractivity (Wildman–Crippen MR) is 61.1 cm³/mol. The van der Waals surface area contributed by atoms with Crippen LogP contribution in [0.4, 0.5) is 17.1 Å². The molecule has 1 heterocycles. The first-order valence-electron chi connectivity index (χ1n) is 5.02. The molecule has 1 N–H and O–H groups in total. The maximum Gasteiger partial charge on any atom is 0.269 e. The molecule has 0 aliphatic rings. The highest BCUT2D eigenvalue weighted by atomic mass is 16.6. The van der Waals surface area contributed by atoms with Gasteiger partial charge in [-0.15, -0.1) is 0 Å². The Kier molecular flexibility index (Phi) is 3.24. The van der Waals surface area contributed by atoms with Gasteiger partial charge in [0.05, 0.1) is 16.3 Å². The number of non-ortho nitro benzene ring substituents is 1. The monoisotopic (exact) mass is 245 g/mol. The van der Waals surface area contributed by atoms with Gasteiger partial charge in [-0.05, 0) is 12.1 Å². The quantitative estimate of drug-likeness (QED) is 0.296. The van der Waals surface area contributed by atoms with Crippen molar-refractivity contribution in [1.82, 2.24) is 0 Å². The first-order chi connectivity index (χ1) is 8.65. The van der Waals surface area contributed by atoms with E-state index in [2.05, 4.69) is 10.2 Å². The van der Waals surface area contributed by atoms with Gasteiger partial charge in [-0.25, -0.2) is 0 Å². The minimum Gasteiger partial charge on any atom is -0.285 e. The number of pyridine rings is 1. The first kappa shape index (κ1) is 11.6. The third-order valence-corrected chi connectivity index (χ3v) is 2.14. The highest BCUT2D eigenvalue weighted by Crippen LogP contribution is 2.20. The molecule has 2 aromatic rings. The molecule has 90 valence electrons. The molecule has 0 unspecified atom stereocenters. The molecule has 0 fully saturated rings. The number of rotatable bonds is 3. The van der Waals surface area contributed by atoms with E-state index in [-0.39, 0.29) is 5.69 Å². The van der Waals surface area contributed by atoms with Gasteiger partial charge in [-0.2, -0.15) is 10.2 Å². The SMILES string of the molecule is O=[N+]([O-])c1ccc(N=Nc2cc[n+](O)cc2)cc1. The van der Waals surface area contributed by atoms with Crippen molar-refractivity contribution in [3.63, 3.8) is 0 Å². The second-order valence-corrected chi connectivity index (χ2v) is 3.41. The van der Waals surface area contributed by atoms with Crippen LogP contribution in [-0.4, -0.2) is 10.1 Å². The number of azo groups is 1. The van der Waals surface area contributed by atoms with Crippen LogP contribution in [0, 0.1) is 10.1 Å². The van der Waals surface area contributed by atoms with E-state index >= 15 is 0 Å². The Morgan fingerprint density at radius 2 is 1.50 bits per heavy atom. The molecule has 0 aliphatic heterocycles. The van der Waals surface area contributed by atoms with Crippen molar-refractivity contribution in [1.29, 1.82) is 0 Å². The number of nitrogens with zero attached hydrogens (tertiary/aromatic N) is 4. The van der Waals surface area contributed by atoms with E-state index in [0.29, 0.717) is 11.4 Å². The average Bonchev–Trinajstić information content (AvgIpc) is 2.38. The summed E-state index contributed by atoms with van der Waals surface area (Å²) in [6.07, 6.45) is 2.84. The zero-order chi connectivity index (χ0) is 13.0. The molecule has 7 nitrogen and oxygen atoms in total. The van der Waals surface area contributed by atoms with Crippen molar-refractivity contribution in [3.8, 4) is 0 Å². The Hall–Kier alpha value is -2.83. The maximum absolute atomic E-state index is 10.4. The van der Waals surface area contributed by atoms with Crippen LogP contribution in [0.3, 0.4) is 0 Å². The number of nitro groups is 1. The number of hydrogen-bond acceptors (Lipinski definition) is 5. The highest BCUT2D eigenvalue weighted by molar-refractivity contribution is 5.44. The van der Waals surface area contributed by atoms with Gasteiger partial charge in [0, 0.05) is 29.0 Å². The van der Waals surface area contributed by atoms with Crippen molar-refractivity contribution in [2.75, 3.05) is 0 Å². The largest absolute Gasteiger partial charge is 0.285 e. The van der Waals surface area contributed by atoms with E-state index in [0.717, 1.165) is 4.73 Å². The minimum absolute atomic E-state index is 0.00924. The summed E-state index contributed by atoms with van der Waals surface area (Å²) in [7, 11) is 0. The lowest BCUT2D eigenvalue weighted by molar-refractivity contribution is -0.904. The fourth-order valence-corrected chi connectivity index (χ4v) is 1.23. The summed E-state index contributed by atoms with van der Waals surface area (Å²) >= 11 is 0. The first-order valence-corrected chi connectivity index (χ1v) is 5.02. The van der Waals surface area contributed by atoms with Gasteiger partial charge in [0.15, 0.2) is 0 Å². The molecule has 0 amide bonds. The summed E-state index contributed by atoms with van der Waals surface area (Å²) in [5.41, 5.74) is 1.09. The van der Waals surface area contributed by atoms with E-state index in [1.54, 1.807) is 12.1 Å². The predicted octanol–water partition coefficient (Wildman–Crippen LogP) is 2.54. The number of benzene rings is 1. The Balaban J connectivity index is 2.13. The molecule has 0 saturated carbocycles. The maximum atomic E-state index is 10.4. The molecular formula is C11H9N4O3+. The Bertz CT molecular complexity index is 578. The second-order valence-electron chi connectivity index (χ2n) is 3.41. The summed E-state index contributed by atoms with van der Waals surface area (Å²) in [4.78, 5) is 9.97. The van der Waals surface area contributed by atoms with Crippen LogP contribution in [0.25, 0.3) is 0 Å². The summed E-state index contributed by atoms with van der Waals surface area (Å²) < 4.78 is 0.894. The van der Waals surface area contributed by atoms with Crippen LogP contribution in [0.5, 0.6) is 0 Å². The van der Waals surface area contributed by atoms with Crippen LogP contribution in [0.2, 0.25) is 0 Å². The van der Waals surface area contributed by atoms with Crippen LogP contribution < -0.4 is 4.73 Å². The lowest BCUT2D eigenvalue weighted by Crippen LogP contribution is -2.27. The molecule has 0 radical (unpaired) electrons. The summed E-state index contributed by atoms with van der Waals surface area (Å²) in [6, 6.07) is 8.90. The number of nitro benzene ring substituents is 1. The van der Waals surface area contributed by atoms with Gasteiger partial charge in [0.2, 0.25) is 12.4 Å². The second kappa shape index (κ2) is 5.00. The standard InChI is InChI=1S/C11H9N4O3/c16-14-7-5-10(6-8-14)13-12-9-1-3-11(4-2-9)15(17)18/h1-8,16H/q+1. The Morgan fingerprint density at radius 1 is 1.00 bits per heavy atom. The van der Waals surface area contributed by atoms with Gasteiger partial charge < -0.3 is 0 Å². The number of hydrogen-bond donors (Lipinski definition) is 1. The molecule has 0 bridgehead atoms. The third-order valence-electron chi connectivity index (χ3n) is 2.14. The molecule has 18 heavy (non-hydrogen) atoms. The molecule has 1 aromatic carbocycles. The zero-order valence-electron chi connectivity index (χ0n) is 9.17. The lowest BCUT2D eigenvalue weighted by Gasteiger charge is -1.92. The highest BCUT2D eigenvalue weighted by Gasteiger charge is 2.03. The van der Waals surface area contributed by atoms with Crippen molar-refractivity contribution < 1.29 is 14.9 Å². The van der Waals surface area contributed by atoms with E-state index in [1.807, 2.05) is 0 Å². The molecule has 0 aliphatic carbocycles. The van der Waals surface area contributed by atoms with Crippen molar-refractivity contribution in [3.05, 3.63) is 58.9 Å². The normalized spacial score (nSPS) is 10.7. The molecule has 2 rings (SSSR count). The van der Waals surface area contributed by atoms with Crippen LogP contribution in [-0.2, 0) is 0 Å². The van der Waals surface area contributed by atoms with Crippen molar-refractivity contribution in [2.45, 2.75) is 0 Å². The fourth-order valence-electron chi connectivity index (χ4n) is 1.23. The molecule has 0 saturated heterocycles. The molecule has 7 heteroatoms. The van der Waals surface area contributed by atoms with E-state index in [9.17, 15) is 10.1 Å². The summed E-state index contributed by atoms with van der Waals surface area (Å²) in [6.45, 7) is 0. The average molecular weight is 245 g/mol. The molecule has 1 aromatic heterocycles. The van der Waals surface area contributed by atoms with Gasteiger partial charge in [-0.3, -0.25) is 15.3 Å². The summed E-state index contributed by atoms with van der Waals surface area (Å²) in [5.74, 6) is 0. The van der Waals surface area contributed by atoms with Gasteiger partial charge in [-0.1, -0.05) is 0 Å². The zero-order valence-corrected chi connectivity index (χ0v) is 9.17.